The maximum Gasteiger partial charge on any atom is 0.276 e. The van der Waals surface area contributed by atoms with Crippen LogP contribution in [-0.4, -0.2) is 41.9 Å². The molecule has 1 aromatic carbocycles. The van der Waals surface area contributed by atoms with Crippen LogP contribution >= 0.6 is 11.3 Å². The topological polar surface area (TPSA) is 80.5 Å². The van der Waals surface area contributed by atoms with E-state index in [1.807, 2.05) is 48.7 Å². The van der Waals surface area contributed by atoms with Crippen LogP contribution in [0.15, 0.2) is 52.4 Å². The largest absolute Gasteiger partial charge is 0.355 e. The first-order valence-corrected chi connectivity index (χ1v) is 11.7. The Balaban J connectivity index is 1.62. The molecule has 28 heavy (non-hydrogen) atoms. The molecule has 1 unspecified atom stereocenters. The molecule has 1 aliphatic rings. The quantitative estimate of drug-likeness (QED) is 0.635. The van der Waals surface area contributed by atoms with E-state index in [-0.39, 0.29) is 29.1 Å². The van der Waals surface area contributed by atoms with Crippen molar-refractivity contribution in [3.05, 3.63) is 64.7 Å². The number of aryl methyl sites for hydroxylation is 1. The Morgan fingerprint density at radius 3 is 2.71 bits per heavy atom. The summed E-state index contributed by atoms with van der Waals surface area (Å²) in [6, 6.07) is 12.9. The van der Waals surface area contributed by atoms with E-state index >= 15 is 0 Å². The number of benzene rings is 1. The Morgan fingerprint density at radius 1 is 1.29 bits per heavy atom. The van der Waals surface area contributed by atoms with Crippen molar-refractivity contribution in [2.24, 2.45) is 0 Å². The van der Waals surface area contributed by atoms with Gasteiger partial charge in [-0.3, -0.25) is 4.79 Å². The van der Waals surface area contributed by atoms with Crippen molar-refractivity contribution in [3.8, 4) is 10.6 Å². The Hall–Kier alpha value is -2.45. The van der Waals surface area contributed by atoms with Gasteiger partial charge in [0.1, 0.15) is 0 Å². The van der Waals surface area contributed by atoms with Crippen molar-refractivity contribution in [1.29, 1.82) is 0 Å². The van der Waals surface area contributed by atoms with Crippen molar-refractivity contribution in [3.63, 3.8) is 0 Å². The van der Waals surface area contributed by atoms with E-state index in [1.54, 1.807) is 11.0 Å². The standard InChI is InChI=1S/C20H20N2O4S2/c1-14-4-6-15(7-5-14)12-22(16-8-10-28(24,25)13-16)20(23)17-11-18(26-21-17)19-3-2-9-27-19/h2-7,9,11,16H,8,10,12-13H2,1H3. The van der Waals surface area contributed by atoms with Gasteiger partial charge in [-0.05, 0) is 30.4 Å². The van der Waals surface area contributed by atoms with E-state index in [0.717, 1.165) is 16.0 Å². The Bertz CT molecular complexity index is 1070. The average molecular weight is 417 g/mol. The third-order valence-corrected chi connectivity index (χ3v) is 7.51. The van der Waals surface area contributed by atoms with Gasteiger partial charge in [0, 0.05) is 18.7 Å². The molecule has 1 aliphatic heterocycles. The molecule has 8 heteroatoms. The Morgan fingerprint density at radius 2 is 2.07 bits per heavy atom. The third-order valence-electron chi connectivity index (χ3n) is 4.88. The number of thiophene rings is 1. The van der Waals surface area contributed by atoms with Crippen molar-refractivity contribution >= 4 is 27.1 Å². The minimum Gasteiger partial charge on any atom is -0.355 e. The number of hydrogen-bond acceptors (Lipinski definition) is 6. The SMILES string of the molecule is Cc1ccc(CN(C(=O)c2cc(-c3cccs3)on2)C2CCS(=O)(=O)C2)cc1. The van der Waals surface area contributed by atoms with E-state index in [9.17, 15) is 13.2 Å². The highest BCUT2D eigenvalue weighted by atomic mass is 32.2. The normalized spacial score (nSPS) is 18.2. The van der Waals surface area contributed by atoms with Crippen LogP contribution in [0, 0.1) is 6.92 Å². The first kappa shape index (κ1) is 18.9. The van der Waals surface area contributed by atoms with Gasteiger partial charge in [0.05, 0.1) is 16.4 Å². The summed E-state index contributed by atoms with van der Waals surface area (Å²) < 4.78 is 29.3. The number of sulfone groups is 1. The van der Waals surface area contributed by atoms with E-state index in [2.05, 4.69) is 5.16 Å². The second-order valence-electron chi connectivity index (χ2n) is 7.03. The minimum absolute atomic E-state index is 0.0137. The van der Waals surface area contributed by atoms with Gasteiger partial charge < -0.3 is 9.42 Å². The second-order valence-corrected chi connectivity index (χ2v) is 10.2. The summed E-state index contributed by atoms with van der Waals surface area (Å²) in [7, 11) is -3.12. The molecule has 0 aliphatic carbocycles. The molecule has 0 N–H and O–H groups in total. The predicted molar refractivity (Wildman–Crippen MR) is 108 cm³/mol. The van der Waals surface area contributed by atoms with Crippen LogP contribution in [-0.2, 0) is 16.4 Å². The van der Waals surface area contributed by atoms with Gasteiger partial charge in [-0.1, -0.05) is 41.1 Å². The predicted octanol–water partition coefficient (Wildman–Crippen LogP) is 3.54. The molecule has 1 saturated heterocycles. The van der Waals surface area contributed by atoms with Crippen LogP contribution in [0.4, 0.5) is 0 Å². The molecular formula is C20H20N2O4S2. The molecular weight excluding hydrogens is 396 g/mol. The minimum atomic E-state index is -3.12. The molecule has 146 valence electrons. The summed E-state index contributed by atoms with van der Waals surface area (Å²) in [5.74, 6) is 0.316. The molecule has 1 fully saturated rings. The highest BCUT2D eigenvalue weighted by Crippen LogP contribution is 2.27. The molecule has 1 atom stereocenters. The number of rotatable bonds is 5. The second kappa shape index (κ2) is 7.52. The Labute approximate surface area is 167 Å². The van der Waals surface area contributed by atoms with E-state index in [4.69, 9.17) is 4.52 Å². The molecule has 0 bridgehead atoms. The lowest BCUT2D eigenvalue weighted by Crippen LogP contribution is -2.40. The fourth-order valence-corrected chi connectivity index (χ4v) is 5.74. The molecule has 6 nitrogen and oxygen atoms in total. The first-order valence-electron chi connectivity index (χ1n) is 8.99. The van der Waals surface area contributed by atoms with Crippen molar-refractivity contribution in [1.82, 2.24) is 10.1 Å². The molecule has 0 radical (unpaired) electrons. The maximum absolute atomic E-state index is 13.2. The number of hydrogen-bond donors (Lipinski definition) is 0. The zero-order chi connectivity index (χ0) is 19.7. The van der Waals surface area contributed by atoms with Crippen molar-refractivity contribution in [2.45, 2.75) is 25.9 Å². The number of carbonyl (C=O) groups is 1. The monoisotopic (exact) mass is 416 g/mol. The molecule has 1 amide bonds. The van der Waals surface area contributed by atoms with E-state index < -0.39 is 9.84 Å². The summed E-state index contributed by atoms with van der Waals surface area (Å²) in [6.45, 7) is 2.33. The van der Waals surface area contributed by atoms with Crippen LogP contribution in [0.25, 0.3) is 10.6 Å². The number of amides is 1. The summed E-state index contributed by atoms with van der Waals surface area (Å²) in [5.41, 5.74) is 2.27. The zero-order valence-electron chi connectivity index (χ0n) is 15.4. The molecule has 0 spiro atoms. The van der Waals surface area contributed by atoms with Crippen molar-refractivity contribution in [2.75, 3.05) is 11.5 Å². The average Bonchev–Trinajstić information content (AvgIpc) is 3.41. The maximum atomic E-state index is 13.2. The summed E-state index contributed by atoms with van der Waals surface area (Å²) in [4.78, 5) is 15.7. The van der Waals surface area contributed by atoms with Gasteiger partial charge in [-0.25, -0.2) is 8.42 Å². The highest BCUT2D eigenvalue weighted by molar-refractivity contribution is 7.91. The molecule has 0 saturated carbocycles. The Kier molecular flexibility index (Phi) is 5.07. The smallest absolute Gasteiger partial charge is 0.276 e. The van der Waals surface area contributed by atoms with Gasteiger partial charge in [0.2, 0.25) is 0 Å². The summed E-state index contributed by atoms with van der Waals surface area (Å²) >= 11 is 1.50. The highest BCUT2D eigenvalue weighted by Gasteiger charge is 2.36. The van der Waals surface area contributed by atoms with E-state index in [1.165, 1.54) is 11.3 Å². The van der Waals surface area contributed by atoms with Crippen LogP contribution in [0.2, 0.25) is 0 Å². The molecule has 2 aromatic heterocycles. The number of carbonyl (C=O) groups excluding carboxylic acids is 1. The van der Waals surface area contributed by atoms with E-state index in [0.29, 0.717) is 18.7 Å². The lowest BCUT2D eigenvalue weighted by molar-refractivity contribution is 0.0670. The van der Waals surface area contributed by atoms with Gasteiger partial charge in [-0.2, -0.15) is 0 Å². The third kappa shape index (κ3) is 4.02. The lowest BCUT2D eigenvalue weighted by Gasteiger charge is -2.27. The lowest BCUT2D eigenvalue weighted by atomic mass is 10.1. The van der Waals surface area contributed by atoms with Gasteiger partial charge in [-0.15, -0.1) is 11.3 Å². The number of aromatic nitrogens is 1. The number of nitrogens with zero attached hydrogens (tertiary/aromatic N) is 2. The van der Waals surface area contributed by atoms with Crippen LogP contribution < -0.4 is 0 Å². The molecule has 3 heterocycles. The molecule has 4 rings (SSSR count). The van der Waals surface area contributed by atoms with Gasteiger partial charge in [0.25, 0.3) is 5.91 Å². The fraction of sp³-hybridized carbons (Fsp3) is 0.300. The van der Waals surface area contributed by atoms with Gasteiger partial charge in [0.15, 0.2) is 21.3 Å². The van der Waals surface area contributed by atoms with Crippen molar-refractivity contribution < 1.29 is 17.7 Å². The summed E-state index contributed by atoms with van der Waals surface area (Å²) in [6.07, 6.45) is 0.440. The van der Waals surface area contributed by atoms with Crippen LogP contribution in [0.1, 0.15) is 28.0 Å². The zero-order valence-corrected chi connectivity index (χ0v) is 17.0. The molecule has 3 aromatic rings. The first-order chi connectivity index (χ1) is 13.4. The fourth-order valence-electron chi connectivity index (χ4n) is 3.34. The van der Waals surface area contributed by atoms with Crippen LogP contribution in [0.3, 0.4) is 0 Å². The van der Waals surface area contributed by atoms with Crippen LogP contribution in [0.5, 0.6) is 0 Å². The summed E-state index contributed by atoms with van der Waals surface area (Å²) in [5, 5.41) is 5.87. The van der Waals surface area contributed by atoms with Gasteiger partial charge >= 0.3 is 0 Å².